The third kappa shape index (κ3) is 5.97. The maximum absolute atomic E-state index is 12.2. The van der Waals surface area contributed by atoms with Gasteiger partial charge in [0.2, 0.25) is 0 Å². The van der Waals surface area contributed by atoms with E-state index in [0.29, 0.717) is 46.0 Å². The molecule has 0 N–H and O–H groups in total. The van der Waals surface area contributed by atoms with Crippen LogP contribution in [0.15, 0.2) is 45.2 Å². The Morgan fingerprint density at radius 3 is 1.44 bits per heavy atom. The first-order valence-corrected chi connectivity index (χ1v) is 14.3. The molecule has 5 heterocycles. The lowest BCUT2D eigenvalue weighted by Gasteiger charge is -2.17. The van der Waals surface area contributed by atoms with Crippen LogP contribution in [0.1, 0.15) is 32.1 Å². The quantitative estimate of drug-likeness (QED) is 0.156. The highest BCUT2D eigenvalue weighted by Gasteiger charge is 2.24. The first-order chi connectivity index (χ1) is 22.9. The molecule has 0 spiro atoms. The molecule has 0 aromatic carbocycles. The number of nitrogens with zero attached hydrogens (tertiary/aromatic N) is 16. The summed E-state index contributed by atoms with van der Waals surface area (Å²) in [6.45, 7) is 3.58. The Morgan fingerprint density at radius 1 is 0.688 bits per heavy atom. The highest BCUT2D eigenvalue weighted by molar-refractivity contribution is 5.94. The Bertz CT molecular complexity index is 1920. The Balaban J connectivity index is 1.57. The van der Waals surface area contributed by atoms with Crippen LogP contribution in [0.25, 0.3) is 11.6 Å². The van der Waals surface area contributed by atoms with Gasteiger partial charge in [0.15, 0.2) is 46.3 Å². The third-order valence-corrected chi connectivity index (χ3v) is 7.04. The van der Waals surface area contributed by atoms with Gasteiger partial charge < -0.3 is 19.3 Å². The van der Waals surface area contributed by atoms with Crippen LogP contribution in [0.4, 0.5) is 34.6 Å². The van der Waals surface area contributed by atoms with E-state index in [2.05, 4.69) is 40.6 Å². The van der Waals surface area contributed by atoms with Crippen molar-refractivity contribution in [2.45, 2.75) is 13.8 Å². The summed E-state index contributed by atoms with van der Waals surface area (Å²) in [6.07, 6.45) is 4.14. The number of aryl methyl sites for hydroxylation is 4. The summed E-state index contributed by atoms with van der Waals surface area (Å²) in [5, 5.41) is 35.2. The predicted molar refractivity (Wildman–Crippen MR) is 172 cm³/mol. The molecule has 5 rings (SSSR count). The van der Waals surface area contributed by atoms with Crippen molar-refractivity contribution in [1.82, 2.24) is 49.1 Å². The van der Waals surface area contributed by atoms with E-state index in [1.165, 1.54) is 42.3 Å². The summed E-state index contributed by atoms with van der Waals surface area (Å²) in [5.74, 6) is 1.27. The summed E-state index contributed by atoms with van der Waals surface area (Å²) in [4.78, 5) is 37.1. The van der Waals surface area contributed by atoms with E-state index >= 15 is 0 Å². The first kappa shape index (κ1) is 33.0. The van der Waals surface area contributed by atoms with Crippen molar-refractivity contribution in [2.75, 3.05) is 52.2 Å². The van der Waals surface area contributed by atoms with E-state index in [9.17, 15) is 9.59 Å². The molecule has 0 amide bonds. The fraction of sp³-hybridized carbons (Fsp3) is 0.357. The molecule has 250 valence electrons. The second kappa shape index (κ2) is 13.2. The lowest BCUT2D eigenvalue weighted by Crippen LogP contribution is -2.17. The second-order valence-corrected chi connectivity index (χ2v) is 10.8. The summed E-state index contributed by atoms with van der Waals surface area (Å²) in [5.41, 5.74) is 2.36. The number of hydrogen-bond acceptors (Lipinski definition) is 16. The molecule has 0 radical (unpaired) electrons. The van der Waals surface area contributed by atoms with Gasteiger partial charge in [-0.2, -0.15) is 29.8 Å². The highest BCUT2D eigenvalue weighted by atomic mass is 16.5. The molecule has 0 saturated carbocycles. The van der Waals surface area contributed by atoms with Crippen LogP contribution in [0, 0.1) is 13.8 Å². The maximum atomic E-state index is 12.2. The normalized spacial score (nSPS) is 11.5. The molecule has 0 unspecified atom stereocenters. The van der Waals surface area contributed by atoms with Gasteiger partial charge in [0.25, 0.3) is 0 Å². The van der Waals surface area contributed by atoms with Gasteiger partial charge in [-0.25, -0.2) is 28.9 Å². The first-order valence-electron chi connectivity index (χ1n) is 14.3. The molecule has 0 aliphatic carbocycles. The van der Waals surface area contributed by atoms with Crippen molar-refractivity contribution in [3.05, 3.63) is 47.3 Å². The molecular weight excluding hydrogens is 624 g/mol. The molecule has 20 nitrogen and oxygen atoms in total. The Hall–Kier alpha value is -6.34. The molecule has 48 heavy (non-hydrogen) atoms. The van der Waals surface area contributed by atoms with Crippen molar-refractivity contribution in [3.8, 4) is 11.6 Å². The number of carbonyl (C=O) groups excluding carboxylic acids is 2. The number of azo groups is 2. The van der Waals surface area contributed by atoms with Gasteiger partial charge in [0.05, 0.1) is 38.0 Å². The fourth-order valence-electron chi connectivity index (χ4n) is 4.74. The van der Waals surface area contributed by atoms with Gasteiger partial charge in [-0.15, -0.1) is 20.5 Å². The molecule has 0 aliphatic rings. The minimum Gasteiger partial charge on any atom is -0.465 e. The zero-order chi connectivity index (χ0) is 34.9. The molecule has 0 aliphatic heterocycles. The summed E-state index contributed by atoms with van der Waals surface area (Å²) < 4.78 is 15.8. The average Bonchev–Trinajstić information content (AvgIpc) is 3.81. The lowest BCUT2D eigenvalue weighted by molar-refractivity contribution is 0.0592. The van der Waals surface area contributed by atoms with Gasteiger partial charge in [-0.05, 0) is 13.8 Å². The van der Waals surface area contributed by atoms with E-state index < -0.39 is 11.9 Å². The molecule has 20 heteroatoms. The van der Waals surface area contributed by atoms with Crippen molar-refractivity contribution in [2.24, 2.45) is 34.6 Å². The van der Waals surface area contributed by atoms with Crippen molar-refractivity contribution in [3.63, 3.8) is 0 Å². The van der Waals surface area contributed by atoms with E-state index in [0.717, 1.165) is 0 Å². The van der Waals surface area contributed by atoms with Gasteiger partial charge in [0.1, 0.15) is 17.5 Å². The van der Waals surface area contributed by atoms with Gasteiger partial charge >= 0.3 is 11.9 Å². The van der Waals surface area contributed by atoms with Crippen LogP contribution in [0.5, 0.6) is 0 Å². The molecule has 5 aromatic heterocycles. The van der Waals surface area contributed by atoms with Gasteiger partial charge in [-0.1, -0.05) is 0 Å². The smallest absolute Gasteiger partial charge is 0.343 e. The fourth-order valence-corrected chi connectivity index (χ4v) is 4.74. The standard InChI is InChI=1S/C28H34N16O4/c1-15-21(33-35-23-17(27(45)47-9)12-31-41(23)7)25(39(3)4)43(37-15)19-11-20(30-14-29-19)44-26(40(5)6)22(16(2)38-44)34-36-24-18(28(46)48-10)13-32-42(24)8/h11-14H,1-10H3/b35-33+,36-34+. The van der Waals surface area contributed by atoms with Gasteiger partial charge in [0, 0.05) is 48.4 Å². The zero-order valence-electron chi connectivity index (χ0n) is 28.1. The van der Waals surface area contributed by atoms with E-state index in [1.54, 1.807) is 43.4 Å². The summed E-state index contributed by atoms with van der Waals surface area (Å²) >= 11 is 0. The molecule has 0 saturated heterocycles. The van der Waals surface area contributed by atoms with E-state index in [-0.39, 0.29) is 22.8 Å². The van der Waals surface area contributed by atoms with Crippen molar-refractivity contribution < 1.29 is 19.1 Å². The van der Waals surface area contributed by atoms with Crippen LogP contribution in [-0.2, 0) is 23.6 Å². The Morgan fingerprint density at radius 2 is 1.08 bits per heavy atom. The van der Waals surface area contributed by atoms with Crippen LogP contribution < -0.4 is 9.80 Å². The highest BCUT2D eigenvalue weighted by Crippen LogP contribution is 2.37. The maximum Gasteiger partial charge on any atom is 0.343 e. The zero-order valence-corrected chi connectivity index (χ0v) is 28.1. The van der Waals surface area contributed by atoms with Gasteiger partial charge in [-0.3, -0.25) is 0 Å². The Kier molecular flexibility index (Phi) is 9.07. The Labute approximate surface area is 274 Å². The number of hydrogen-bond donors (Lipinski definition) is 0. The number of carbonyl (C=O) groups is 2. The van der Waals surface area contributed by atoms with Crippen molar-refractivity contribution >= 4 is 46.6 Å². The van der Waals surface area contributed by atoms with Crippen molar-refractivity contribution in [1.29, 1.82) is 0 Å². The minimum atomic E-state index is -0.579. The number of rotatable bonds is 10. The van der Waals surface area contributed by atoms with Crippen LogP contribution in [-0.4, -0.2) is 103 Å². The topological polar surface area (TPSA) is 206 Å². The van der Waals surface area contributed by atoms with E-state index in [4.69, 9.17) is 19.7 Å². The monoisotopic (exact) mass is 658 g/mol. The van der Waals surface area contributed by atoms with Crippen LogP contribution in [0.2, 0.25) is 0 Å². The lowest BCUT2D eigenvalue weighted by atomic mass is 10.3. The SMILES string of the molecule is COC(=O)c1cnn(C)c1/N=N/c1c(C)nn(-c2cc(-n3nc(C)c(/N=N/c4c(C(=O)OC)cnn4C)c3N(C)C)ncn2)c1N(C)C. The van der Waals surface area contributed by atoms with Crippen LogP contribution in [0.3, 0.4) is 0 Å². The molecule has 5 aromatic rings. The number of ether oxygens (including phenoxy) is 2. The number of anilines is 2. The van der Waals surface area contributed by atoms with E-state index in [1.807, 2.05) is 38.0 Å². The molecule has 0 bridgehead atoms. The minimum absolute atomic E-state index is 0.176. The number of esters is 2. The molecule has 0 fully saturated rings. The average molecular weight is 659 g/mol. The molecule has 0 atom stereocenters. The molecular formula is C28H34N16O4. The second-order valence-electron chi connectivity index (χ2n) is 10.8. The largest absolute Gasteiger partial charge is 0.465 e. The third-order valence-electron chi connectivity index (χ3n) is 7.04. The predicted octanol–water partition coefficient (Wildman–Crippen LogP) is 3.47. The number of aromatic nitrogens is 10. The van der Waals surface area contributed by atoms with Crippen LogP contribution >= 0.6 is 0 Å². The summed E-state index contributed by atoms with van der Waals surface area (Å²) in [7, 11) is 13.2. The summed E-state index contributed by atoms with van der Waals surface area (Å²) in [6, 6.07) is 1.72. The number of methoxy groups -OCH3 is 2.